The van der Waals surface area contributed by atoms with E-state index in [0.29, 0.717) is 0 Å². The minimum Gasteiger partial charge on any atom is -0.0654 e. The van der Waals surface area contributed by atoms with Crippen LogP contribution in [0.4, 0.5) is 0 Å². The van der Waals surface area contributed by atoms with Gasteiger partial charge in [-0.3, -0.25) is 0 Å². The van der Waals surface area contributed by atoms with E-state index in [1.54, 1.807) is 5.92 Å². The summed E-state index contributed by atoms with van der Waals surface area (Å²) in [5.41, 5.74) is 0. The molecule has 0 aliphatic heterocycles. The first-order chi connectivity index (χ1) is 7.81. The van der Waals surface area contributed by atoms with Crippen LogP contribution in [0.5, 0.6) is 0 Å². The third-order valence-electron chi connectivity index (χ3n) is 3.41. The summed E-state index contributed by atoms with van der Waals surface area (Å²) >= 11 is 0. The lowest BCUT2D eigenvalue weighted by Gasteiger charge is -2.10. The predicted molar refractivity (Wildman–Crippen MR) is 75.7 cm³/mol. The second kappa shape index (κ2) is 13.1. The number of hydrogen-bond donors (Lipinski definition) is 0. The van der Waals surface area contributed by atoms with Gasteiger partial charge in [-0.15, -0.1) is 0 Å². The Morgan fingerprint density at radius 3 is 1.31 bits per heavy atom. The lowest BCUT2D eigenvalue weighted by atomic mass is 9.96. The summed E-state index contributed by atoms with van der Waals surface area (Å²) in [6, 6.07) is 0. The van der Waals surface area contributed by atoms with Gasteiger partial charge in [0.2, 0.25) is 0 Å². The van der Waals surface area contributed by atoms with Gasteiger partial charge < -0.3 is 0 Å². The summed E-state index contributed by atoms with van der Waals surface area (Å²) in [5, 5.41) is 0. The number of hydrogen-bond acceptors (Lipinski definition) is 0. The first kappa shape index (κ1) is 16.0. The van der Waals surface area contributed by atoms with Crippen molar-refractivity contribution in [3.05, 3.63) is 5.92 Å². The van der Waals surface area contributed by atoms with E-state index in [4.69, 9.17) is 0 Å². The molecule has 0 aromatic rings. The van der Waals surface area contributed by atoms with Crippen LogP contribution in [0.3, 0.4) is 0 Å². The van der Waals surface area contributed by atoms with Gasteiger partial charge in [0.15, 0.2) is 0 Å². The molecule has 0 unspecified atom stereocenters. The highest BCUT2D eigenvalue weighted by Crippen LogP contribution is 2.19. The first-order valence-corrected chi connectivity index (χ1v) is 7.62. The molecule has 0 fully saturated rings. The van der Waals surface area contributed by atoms with E-state index in [2.05, 4.69) is 20.8 Å². The topological polar surface area (TPSA) is 0 Å². The van der Waals surface area contributed by atoms with Gasteiger partial charge >= 0.3 is 0 Å². The third kappa shape index (κ3) is 12.1. The molecular formula is C16H33. The molecule has 0 N–H and O–H groups in total. The van der Waals surface area contributed by atoms with Gasteiger partial charge in [-0.05, 0) is 18.8 Å². The van der Waals surface area contributed by atoms with Crippen LogP contribution in [0.2, 0.25) is 0 Å². The van der Waals surface area contributed by atoms with Crippen LogP contribution in [-0.4, -0.2) is 0 Å². The van der Waals surface area contributed by atoms with Gasteiger partial charge in [0, 0.05) is 0 Å². The van der Waals surface area contributed by atoms with Crippen molar-refractivity contribution in [2.45, 2.75) is 97.8 Å². The molecular weight excluding hydrogens is 192 g/mol. The van der Waals surface area contributed by atoms with Crippen LogP contribution in [-0.2, 0) is 0 Å². The molecule has 0 aromatic heterocycles. The van der Waals surface area contributed by atoms with Crippen LogP contribution in [0.25, 0.3) is 0 Å². The summed E-state index contributed by atoms with van der Waals surface area (Å²) in [7, 11) is 0. The fraction of sp³-hybridized carbons (Fsp3) is 0.938. The molecule has 97 valence electrons. The first-order valence-electron chi connectivity index (χ1n) is 7.62. The predicted octanol–water partition coefficient (Wildman–Crippen LogP) is 6.30. The third-order valence-corrected chi connectivity index (χ3v) is 3.41. The minimum atomic E-state index is 1.36. The largest absolute Gasteiger partial charge is 0.0654 e. The highest BCUT2D eigenvalue weighted by molar-refractivity contribution is 4.83. The quantitative estimate of drug-likeness (QED) is 0.342. The van der Waals surface area contributed by atoms with Gasteiger partial charge in [0.05, 0.1) is 0 Å². The number of unbranched alkanes of at least 4 members (excludes halogenated alkanes) is 8. The maximum absolute atomic E-state index is 2.36. The second-order valence-electron chi connectivity index (χ2n) is 5.29. The van der Waals surface area contributed by atoms with E-state index >= 15 is 0 Å². The summed E-state index contributed by atoms with van der Waals surface area (Å²) in [4.78, 5) is 0. The molecule has 0 saturated carbocycles. The van der Waals surface area contributed by atoms with Crippen LogP contribution in [0, 0.1) is 5.92 Å². The SMILES string of the molecule is CCCCCCC[C](C)CCCCCCC. The highest BCUT2D eigenvalue weighted by atomic mass is 14.1. The maximum atomic E-state index is 2.36. The molecule has 0 spiro atoms. The smallest absolute Gasteiger partial charge is 0.0272 e. The van der Waals surface area contributed by atoms with E-state index in [1.807, 2.05) is 0 Å². The van der Waals surface area contributed by atoms with Crippen LogP contribution >= 0.6 is 0 Å². The van der Waals surface area contributed by atoms with Crippen molar-refractivity contribution in [2.24, 2.45) is 0 Å². The van der Waals surface area contributed by atoms with E-state index in [9.17, 15) is 0 Å². The summed E-state index contributed by atoms with van der Waals surface area (Å²) < 4.78 is 0. The van der Waals surface area contributed by atoms with Crippen molar-refractivity contribution >= 4 is 0 Å². The molecule has 0 nitrogen and oxygen atoms in total. The van der Waals surface area contributed by atoms with Gasteiger partial charge in [-0.1, -0.05) is 85.0 Å². The van der Waals surface area contributed by atoms with Crippen LogP contribution in [0.1, 0.15) is 97.8 Å². The molecule has 0 aliphatic rings. The van der Waals surface area contributed by atoms with Crippen LogP contribution < -0.4 is 0 Å². The fourth-order valence-electron chi connectivity index (χ4n) is 2.19. The van der Waals surface area contributed by atoms with E-state index in [0.717, 1.165) is 0 Å². The Kier molecular flexibility index (Phi) is 13.1. The van der Waals surface area contributed by atoms with Crippen molar-refractivity contribution < 1.29 is 0 Å². The highest BCUT2D eigenvalue weighted by Gasteiger charge is 2.02. The normalized spacial score (nSPS) is 11.2. The molecule has 0 atom stereocenters. The zero-order valence-electron chi connectivity index (χ0n) is 12.0. The number of rotatable bonds is 12. The summed E-state index contributed by atoms with van der Waals surface area (Å²) in [5.74, 6) is 1.74. The molecule has 0 aromatic carbocycles. The van der Waals surface area contributed by atoms with E-state index in [-0.39, 0.29) is 0 Å². The second-order valence-corrected chi connectivity index (χ2v) is 5.29. The standard InChI is InChI=1S/C16H33/c1-4-6-8-10-12-14-16(3)15-13-11-9-7-5-2/h4-15H2,1-3H3. The fourth-order valence-corrected chi connectivity index (χ4v) is 2.19. The lowest BCUT2D eigenvalue weighted by molar-refractivity contribution is 0.566. The zero-order valence-corrected chi connectivity index (χ0v) is 12.0. The zero-order chi connectivity index (χ0) is 12.1. The molecule has 0 amide bonds. The van der Waals surface area contributed by atoms with Crippen LogP contribution in [0.15, 0.2) is 0 Å². The lowest BCUT2D eigenvalue weighted by Crippen LogP contribution is -1.92. The Labute approximate surface area is 104 Å². The Morgan fingerprint density at radius 2 is 0.938 bits per heavy atom. The average molecular weight is 225 g/mol. The van der Waals surface area contributed by atoms with Gasteiger partial charge in [-0.2, -0.15) is 0 Å². The molecule has 0 rings (SSSR count). The maximum Gasteiger partial charge on any atom is -0.0272 e. The Balaban J connectivity index is 3.09. The van der Waals surface area contributed by atoms with Crippen molar-refractivity contribution in [3.63, 3.8) is 0 Å². The Bertz CT molecular complexity index is 103. The Morgan fingerprint density at radius 1 is 0.562 bits per heavy atom. The van der Waals surface area contributed by atoms with Crippen molar-refractivity contribution in [1.82, 2.24) is 0 Å². The van der Waals surface area contributed by atoms with E-state index < -0.39 is 0 Å². The molecule has 16 heavy (non-hydrogen) atoms. The molecule has 0 bridgehead atoms. The Hall–Kier alpha value is 0. The summed E-state index contributed by atoms with van der Waals surface area (Å²) in [6.45, 7) is 6.93. The average Bonchev–Trinajstić information content (AvgIpc) is 2.28. The minimum absolute atomic E-state index is 1.36. The van der Waals surface area contributed by atoms with Gasteiger partial charge in [0.1, 0.15) is 0 Å². The van der Waals surface area contributed by atoms with Crippen molar-refractivity contribution in [3.8, 4) is 0 Å². The molecule has 0 aliphatic carbocycles. The van der Waals surface area contributed by atoms with Gasteiger partial charge in [0.25, 0.3) is 0 Å². The van der Waals surface area contributed by atoms with Crippen molar-refractivity contribution in [2.75, 3.05) is 0 Å². The summed E-state index contributed by atoms with van der Waals surface area (Å²) in [6.07, 6.45) is 17.0. The molecule has 0 heteroatoms. The molecule has 0 saturated heterocycles. The molecule has 1 radical (unpaired) electrons. The molecule has 0 heterocycles. The van der Waals surface area contributed by atoms with Gasteiger partial charge in [-0.25, -0.2) is 0 Å². The monoisotopic (exact) mass is 225 g/mol. The van der Waals surface area contributed by atoms with Crippen molar-refractivity contribution in [1.29, 1.82) is 0 Å². The van der Waals surface area contributed by atoms with E-state index in [1.165, 1.54) is 77.0 Å².